The van der Waals surface area contributed by atoms with Crippen molar-refractivity contribution < 1.29 is 14.3 Å². The summed E-state index contributed by atoms with van der Waals surface area (Å²) in [6, 6.07) is 21.9. The number of rotatable bonds is 6. The maximum atomic E-state index is 12.3. The van der Waals surface area contributed by atoms with Gasteiger partial charge in [-0.25, -0.2) is 0 Å². The van der Waals surface area contributed by atoms with Crippen molar-refractivity contribution in [3.05, 3.63) is 89.5 Å². The van der Waals surface area contributed by atoms with Gasteiger partial charge < -0.3 is 15.4 Å². The first-order valence-corrected chi connectivity index (χ1v) is 9.00. The molecule has 5 heteroatoms. The smallest absolute Gasteiger partial charge is 0.251 e. The highest BCUT2D eigenvalue weighted by molar-refractivity contribution is 6.00. The highest BCUT2D eigenvalue weighted by atomic mass is 16.5. The molecule has 0 radical (unpaired) electrons. The molecule has 0 aliphatic heterocycles. The molecule has 3 rings (SSSR count). The Hall–Kier alpha value is -3.60. The lowest BCUT2D eigenvalue weighted by atomic mass is 10.1. The summed E-state index contributed by atoms with van der Waals surface area (Å²) in [4.78, 5) is 24.5. The number of para-hydroxylation sites is 3. The Morgan fingerprint density at radius 2 is 1.57 bits per heavy atom. The normalized spacial score (nSPS) is 10.2. The van der Waals surface area contributed by atoms with Crippen LogP contribution in [-0.2, 0) is 4.79 Å². The molecule has 28 heavy (non-hydrogen) atoms. The second kappa shape index (κ2) is 8.86. The van der Waals surface area contributed by atoms with Crippen molar-refractivity contribution in [3.8, 4) is 11.5 Å². The summed E-state index contributed by atoms with van der Waals surface area (Å²) >= 11 is 0. The lowest BCUT2D eigenvalue weighted by Crippen LogP contribution is -2.33. The third kappa shape index (κ3) is 4.98. The first kappa shape index (κ1) is 19.2. The number of carbonyl (C=O) groups is 2. The molecule has 0 heterocycles. The van der Waals surface area contributed by atoms with Crippen LogP contribution in [0.3, 0.4) is 0 Å². The predicted molar refractivity (Wildman–Crippen MR) is 110 cm³/mol. The minimum absolute atomic E-state index is 0.134. The molecule has 0 aliphatic carbocycles. The van der Waals surface area contributed by atoms with E-state index in [1.54, 1.807) is 24.3 Å². The van der Waals surface area contributed by atoms with Crippen molar-refractivity contribution in [2.24, 2.45) is 0 Å². The molecule has 0 aromatic heterocycles. The molecule has 0 unspecified atom stereocenters. The van der Waals surface area contributed by atoms with Crippen molar-refractivity contribution in [2.45, 2.75) is 13.8 Å². The molecule has 3 aromatic rings. The fraction of sp³-hybridized carbons (Fsp3) is 0.130. The predicted octanol–water partition coefficient (Wildman–Crippen LogP) is 4.46. The molecule has 0 atom stereocenters. The molecule has 0 saturated heterocycles. The van der Waals surface area contributed by atoms with E-state index in [2.05, 4.69) is 10.6 Å². The van der Waals surface area contributed by atoms with Gasteiger partial charge in [0.25, 0.3) is 5.91 Å². The third-order valence-electron chi connectivity index (χ3n) is 4.31. The number of hydrogen-bond donors (Lipinski definition) is 2. The molecular formula is C23H22N2O3. The van der Waals surface area contributed by atoms with E-state index < -0.39 is 0 Å². The van der Waals surface area contributed by atoms with Crippen LogP contribution in [0.25, 0.3) is 0 Å². The number of amides is 2. The molecule has 5 nitrogen and oxygen atoms in total. The van der Waals surface area contributed by atoms with E-state index >= 15 is 0 Å². The van der Waals surface area contributed by atoms with E-state index in [4.69, 9.17) is 4.74 Å². The van der Waals surface area contributed by atoms with Crippen LogP contribution in [-0.4, -0.2) is 18.4 Å². The Balaban J connectivity index is 1.60. The average molecular weight is 374 g/mol. The van der Waals surface area contributed by atoms with Gasteiger partial charge >= 0.3 is 0 Å². The average Bonchev–Trinajstić information content (AvgIpc) is 2.70. The van der Waals surface area contributed by atoms with Crippen LogP contribution in [0, 0.1) is 13.8 Å². The van der Waals surface area contributed by atoms with Crippen molar-refractivity contribution in [2.75, 3.05) is 11.9 Å². The lowest BCUT2D eigenvalue weighted by molar-refractivity contribution is -0.115. The number of benzene rings is 3. The topological polar surface area (TPSA) is 67.4 Å². The Labute approximate surface area is 164 Å². The van der Waals surface area contributed by atoms with Gasteiger partial charge in [-0.15, -0.1) is 0 Å². The number of nitrogens with one attached hydrogen (secondary N) is 2. The van der Waals surface area contributed by atoms with Gasteiger partial charge in [0.15, 0.2) is 5.75 Å². The zero-order chi connectivity index (χ0) is 19.9. The quantitative estimate of drug-likeness (QED) is 0.669. The maximum absolute atomic E-state index is 12.3. The molecule has 0 aliphatic rings. The van der Waals surface area contributed by atoms with Crippen LogP contribution in [0.2, 0.25) is 0 Å². The van der Waals surface area contributed by atoms with Crippen molar-refractivity contribution in [1.29, 1.82) is 0 Å². The van der Waals surface area contributed by atoms with E-state index in [0.717, 1.165) is 11.1 Å². The Morgan fingerprint density at radius 1 is 0.857 bits per heavy atom. The number of carbonyl (C=O) groups excluding carboxylic acids is 2. The molecule has 3 aromatic carbocycles. The van der Waals surface area contributed by atoms with E-state index in [-0.39, 0.29) is 18.4 Å². The summed E-state index contributed by atoms with van der Waals surface area (Å²) in [5.74, 6) is 0.586. The summed E-state index contributed by atoms with van der Waals surface area (Å²) < 4.78 is 5.83. The van der Waals surface area contributed by atoms with Gasteiger partial charge in [-0.05, 0) is 61.4 Å². The molecule has 2 amide bonds. The van der Waals surface area contributed by atoms with E-state index in [1.807, 2.05) is 62.4 Å². The summed E-state index contributed by atoms with van der Waals surface area (Å²) in [5, 5.41) is 5.42. The second-order valence-electron chi connectivity index (χ2n) is 6.44. The fourth-order valence-electron chi connectivity index (χ4n) is 2.61. The van der Waals surface area contributed by atoms with E-state index in [0.29, 0.717) is 22.7 Å². The monoisotopic (exact) mass is 374 g/mol. The van der Waals surface area contributed by atoms with Crippen molar-refractivity contribution in [3.63, 3.8) is 0 Å². The molecule has 0 fully saturated rings. The second-order valence-corrected chi connectivity index (χ2v) is 6.44. The van der Waals surface area contributed by atoms with Gasteiger partial charge in [0.05, 0.1) is 12.2 Å². The largest absolute Gasteiger partial charge is 0.455 e. The summed E-state index contributed by atoms with van der Waals surface area (Å²) in [7, 11) is 0. The Bertz CT molecular complexity index is 984. The molecule has 0 spiro atoms. The molecule has 0 saturated carbocycles. The van der Waals surface area contributed by atoms with Gasteiger partial charge in [-0.3, -0.25) is 9.59 Å². The summed E-state index contributed by atoms with van der Waals surface area (Å²) in [5.41, 5.74) is 3.22. The van der Waals surface area contributed by atoms with E-state index in [1.165, 1.54) is 0 Å². The Morgan fingerprint density at radius 3 is 2.32 bits per heavy atom. The van der Waals surface area contributed by atoms with Crippen LogP contribution < -0.4 is 15.4 Å². The Kier molecular flexibility index (Phi) is 6.07. The number of anilines is 1. The van der Waals surface area contributed by atoms with Crippen LogP contribution in [0.15, 0.2) is 72.8 Å². The zero-order valence-electron chi connectivity index (χ0n) is 15.9. The SMILES string of the molecule is Cc1ccc(C(=O)NCC(=O)Nc2ccccc2Oc2ccccc2)cc1C. The summed E-state index contributed by atoms with van der Waals surface area (Å²) in [6.07, 6.45) is 0. The number of aryl methyl sites for hydroxylation is 2. The van der Waals surface area contributed by atoms with Gasteiger partial charge in [0.1, 0.15) is 5.75 Å². The molecule has 2 N–H and O–H groups in total. The summed E-state index contributed by atoms with van der Waals surface area (Å²) in [6.45, 7) is 3.80. The third-order valence-corrected chi connectivity index (χ3v) is 4.31. The van der Waals surface area contributed by atoms with Crippen LogP contribution in [0.1, 0.15) is 21.5 Å². The van der Waals surface area contributed by atoms with Crippen LogP contribution in [0.4, 0.5) is 5.69 Å². The van der Waals surface area contributed by atoms with Gasteiger partial charge in [0, 0.05) is 5.56 Å². The first-order chi connectivity index (χ1) is 13.5. The van der Waals surface area contributed by atoms with Gasteiger partial charge in [0.2, 0.25) is 5.91 Å². The molecule has 142 valence electrons. The first-order valence-electron chi connectivity index (χ1n) is 9.00. The standard InChI is InChI=1S/C23H22N2O3/c1-16-12-13-18(14-17(16)2)23(27)24-15-22(26)25-20-10-6-7-11-21(20)28-19-8-4-3-5-9-19/h3-14H,15H2,1-2H3,(H,24,27)(H,25,26). The highest BCUT2D eigenvalue weighted by Gasteiger charge is 2.11. The highest BCUT2D eigenvalue weighted by Crippen LogP contribution is 2.28. The van der Waals surface area contributed by atoms with Crippen LogP contribution >= 0.6 is 0 Å². The van der Waals surface area contributed by atoms with Crippen molar-refractivity contribution >= 4 is 17.5 Å². The lowest BCUT2D eigenvalue weighted by Gasteiger charge is -2.12. The van der Waals surface area contributed by atoms with Crippen molar-refractivity contribution in [1.82, 2.24) is 5.32 Å². The van der Waals surface area contributed by atoms with Gasteiger partial charge in [-0.2, -0.15) is 0 Å². The zero-order valence-corrected chi connectivity index (χ0v) is 15.9. The van der Waals surface area contributed by atoms with Crippen LogP contribution in [0.5, 0.6) is 11.5 Å². The molecule has 0 bridgehead atoms. The molecular weight excluding hydrogens is 352 g/mol. The maximum Gasteiger partial charge on any atom is 0.251 e. The van der Waals surface area contributed by atoms with Gasteiger partial charge in [-0.1, -0.05) is 36.4 Å². The number of hydrogen-bond acceptors (Lipinski definition) is 3. The number of ether oxygens (including phenoxy) is 1. The minimum Gasteiger partial charge on any atom is -0.455 e. The fourth-order valence-corrected chi connectivity index (χ4v) is 2.61. The van der Waals surface area contributed by atoms with E-state index in [9.17, 15) is 9.59 Å². The minimum atomic E-state index is -0.332.